The maximum atomic E-state index is 12.7. The average Bonchev–Trinajstić information content (AvgIpc) is 3.32. The molecule has 2 heterocycles. The molecular formula is C26H32N6O. The number of hydrogen-bond acceptors (Lipinski definition) is 3. The smallest absolute Gasteiger partial charge is 0.222 e. The van der Waals surface area contributed by atoms with Crippen molar-refractivity contribution in [1.29, 1.82) is 0 Å². The number of nitrogens with zero attached hydrogens (tertiary/aromatic N) is 5. The molecule has 3 aromatic rings. The van der Waals surface area contributed by atoms with Crippen LogP contribution in [0, 0.1) is 0 Å². The summed E-state index contributed by atoms with van der Waals surface area (Å²) in [7, 11) is 3.79. The summed E-state index contributed by atoms with van der Waals surface area (Å²) in [6, 6.07) is 18.5. The van der Waals surface area contributed by atoms with Gasteiger partial charge in [0.25, 0.3) is 0 Å². The number of aromatic nitrogens is 2. The van der Waals surface area contributed by atoms with E-state index in [2.05, 4.69) is 38.5 Å². The first kappa shape index (κ1) is 22.6. The molecule has 2 aromatic carbocycles. The predicted octanol–water partition coefficient (Wildman–Crippen LogP) is 3.24. The van der Waals surface area contributed by atoms with E-state index in [1.165, 1.54) is 11.1 Å². The topological polar surface area (TPSA) is 65.8 Å². The molecule has 0 bridgehead atoms. The summed E-state index contributed by atoms with van der Waals surface area (Å²) in [5, 5.41) is 7.85. The average molecular weight is 445 g/mol. The lowest BCUT2D eigenvalue weighted by Gasteiger charge is -2.29. The second-order valence-corrected chi connectivity index (χ2v) is 8.40. The van der Waals surface area contributed by atoms with Crippen molar-refractivity contribution >= 4 is 11.9 Å². The lowest BCUT2D eigenvalue weighted by Crippen LogP contribution is -2.39. The summed E-state index contributed by atoms with van der Waals surface area (Å²) >= 11 is 0. The van der Waals surface area contributed by atoms with Crippen molar-refractivity contribution in [2.45, 2.75) is 32.4 Å². The minimum absolute atomic E-state index is 0.225. The van der Waals surface area contributed by atoms with Gasteiger partial charge in [-0.05, 0) is 36.1 Å². The number of nitrogens with one attached hydrogen (secondary N) is 1. The van der Waals surface area contributed by atoms with Gasteiger partial charge in [0.2, 0.25) is 5.91 Å². The van der Waals surface area contributed by atoms with E-state index in [1.54, 1.807) is 7.05 Å². The zero-order chi connectivity index (χ0) is 23.0. The van der Waals surface area contributed by atoms with E-state index in [9.17, 15) is 4.79 Å². The fourth-order valence-corrected chi connectivity index (χ4v) is 4.20. The number of aliphatic imine (C=N–C) groups is 1. The molecule has 0 atom stereocenters. The normalized spacial score (nSPS) is 13.5. The number of amides is 1. The van der Waals surface area contributed by atoms with Crippen LogP contribution in [0.1, 0.15) is 29.5 Å². The Labute approximate surface area is 195 Å². The van der Waals surface area contributed by atoms with Gasteiger partial charge in [-0.3, -0.25) is 9.79 Å². The second-order valence-electron chi connectivity index (χ2n) is 8.40. The third-order valence-electron chi connectivity index (χ3n) is 5.98. The van der Waals surface area contributed by atoms with Crippen LogP contribution in [0.25, 0.3) is 5.69 Å². The van der Waals surface area contributed by atoms with E-state index in [0.717, 1.165) is 43.1 Å². The number of para-hydroxylation sites is 1. The number of hydrogen-bond donors (Lipinski definition) is 1. The lowest BCUT2D eigenvalue weighted by molar-refractivity contribution is -0.132. The molecule has 0 unspecified atom stereocenters. The lowest BCUT2D eigenvalue weighted by atomic mass is 9.99. The van der Waals surface area contributed by atoms with Gasteiger partial charge >= 0.3 is 0 Å². The summed E-state index contributed by atoms with van der Waals surface area (Å²) in [4.78, 5) is 21.1. The first-order chi connectivity index (χ1) is 16.1. The molecule has 0 fully saturated rings. The largest absolute Gasteiger partial charge is 0.356 e. The van der Waals surface area contributed by atoms with Crippen molar-refractivity contribution in [1.82, 2.24) is 24.9 Å². The second kappa shape index (κ2) is 10.8. The van der Waals surface area contributed by atoms with Gasteiger partial charge in [0, 0.05) is 58.5 Å². The minimum Gasteiger partial charge on any atom is -0.356 e. The fourth-order valence-electron chi connectivity index (χ4n) is 4.20. The van der Waals surface area contributed by atoms with Crippen molar-refractivity contribution < 1.29 is 4.79 Å². The Balaban J connectivity index is 1.21. The third kappa shape index (κ3) is 5.80. The molecule has 0 radical (unpaired) electrons. The monoisotopic (exact) mass is 444 g/mol. The van der Waals surface area contributed by atoms with Gasteiger partial charge in [0.05, 0.1) is 11.9 Å². The molecule has 1 N–H and O–H groups in total. The number of rotatable bonds is 7. The van der Waals surface area contributed by atoms with Crippen molar-refractivity contribution in [3.63, 3.8) is 0 Å². The Morgan fingerprint density at radius 1 is 1.12 bits per heavy atom. The van der Waals surface area contributed by atoms with Crippen LogP contribution in [0.15, 0.2) is 72.0 Å². The third-order valence-corrected chi connectivity index (χ3v) is 5.98. The van der Waals surface area contributed by atoms with E-state index in [4.69, 9.17) is 0 Å². The maximum Gasteiger partial charge on any atom is 0.222 e. The summed E-state index contributed by atoms with van der Waals surface area (Å²) in [5.41, 5.74) is 4.78. The number of fused-ring (bicyclic) bond motifs is 1. The Morgan fingerprint density at radius 3 is 2.67 bits per heavy atom. The highest BCUT2D eigenvalue weighted by molar-refractivity contribution is 5.80. The number of benzene rings is 2. The minimum atomic E-state index is 0.225. The van der Waals surface area contributed by atoms with Crippen molar-refractivity contribution in [3.8, 4) is 5.69 Å². The molecule has 0 saturated carbocycles. The van der Waals surface area contributed by atoms with E-state index < -0.39 is 0 Å². The number of carbonyl (C=O) groups is 1. The van der Waals surface area contributed by atoms with Gasteiger partial charge in [0.15, 0.2) is 5.96 Å². The van der Waals surface area contributed by atoms with Crippen LogP contribution >= 0.6 is 0 Å². The molecule has 1 aromatic heterocycles. The zero-order valence-electron chi connectivity index (χ0n) is 19.4. The van der Waals surface area contributed by atoms with Gasteiger partial charge in [-0.2, -0.15) is 5.10 Å². The van der Waals surface area contributed by atoms with Crippen LogP contribution in [-0.2, 0) is 24.3 Å². The number of guanidine groups is 1. The molecule has 7 nitrogen and oxygen atoms in total. The van der Waals surface area contributed by atoms with Gasteiger partial charge in [-0.1, -0.05) is 42.5 Å². The Bertz CT molecular complexity index is 1090. The number of carbonyl (C=O) groups excluding carboxylic acids is 1. The SMILES string of the molecule is CN=C(NCCCC(=O)N1CCc2ccccc2C1)N(C)Cc1cnn(-c2ccccc2)c1. The molecule has 1 amide bonds. The molecule has 4 rings (SSSR count). The van der Waals surface area contributed by atoms with Crippen LogP contribution in [0.5, 0.6) is 0 Å². The van der Waals surface area contributed by atoms with Crippen LogP contribution in [0.2, 0.25) is 0 Å². The van der Waals surface area contributed by atoms with Crippen molar-refractivity contribution in [2.24, 2.45) is 4.99 Å². The van der Waals surface area contributed by atoms with Gasteiger partial charge in [-0.25, -0.2) is 4.68 Å². The van der Waals surface area contributed by atoms with E-state index in [1.807, 2.05) is 65.4 Å². The van der Waals surface area contributed by atoms with Crippen LogP contribution in [0.3, 0.4) is 0 Å². The summed E-state index contributed by atoms with van der Waals surface area (Å²) in [5.74, 6) is 1.03. The first-order valence-corrected chi connectivity index (χ1v) is 11.5. The Morgan fingerprint density at radius 2 is 1.88 bits per heavy atom. The quantitative estimate of drug-likeness (QED) is 0.345. The van der Waals surface area contributed by atoms with Crippen LogP contribution in [-0.4, -0.2) is 58.6 Å². The molecule has 0 saturated heterocycles. The summed E-state index contributed by atoms with van der Waals surface area (Å²) in [6.45, 7) is 2.93. The first-order valence-electron chi connectivity index (χ1n) is 11.5. The van der Waals surface area contributed by atoms with Crippen LogP contribution in [0.4, 0.5) is 0 Å². The van der Waals surface area contributed by atoms with E-state index in [-0.39, 0.29) is 5.91 Å². The standard InChI is InChI=1S/C26H32N6O/c1-27-26(30(2)18-21-17-29-32(19-21)24-11-4-3-5-12-24)28-15-8-13-25(33)31-16-14-22-9-6-7-10-23(22)20-31/h3-7,9-12,17,19H,8,13-16,18,20H2,1-2H3,(H,27,28). The van der Waals surface area contributed by atoms with Gasteiger partial charge in [0.1, 0.15) is 0 Å². The molecule has 7 heteroatoms. The molecule has 172 valence electrons. The Hall–Kier alpha value is -3.61. The van der Waals surface area contributed by atoms with Crippen molar-refractivity contribution in [3.05, 3.63) is 83.7 Å². The molecular weight excluding hydrogens is 412 g/mol. The zero-order valence-corrected chi connectivity index (χ0v) is 19.4. The van der Waals surface area contributed by atoms with E-state index >= 15 is 0 Å². The fraction of sp³-hybridized carbons (Fsp3) is 0.346. The van der Waals surface area contributed by atoms with Crippen molar-refractivity contribution in [2.75, 3.05) is 27.2 Å². The molecule has 1 aliphatic rings. The van der Waals surface area contributed by atoms with E-state index in [0.29, 0.717) is 19.5 Å². The molecule has 33 heavy (non-hydrogen) atoms. The highest BCUT2D eigenvalue weighted by atomic mass is 16.2. The highest BCUT2D eigenvalue weighted by Gasteiger charge is 2.19. The summed E-state index contributed by atoms with van der Waals surface area (Å²) < 4.78 is 1.88. The Kier molecular flexibility index (Phi) is 7.40. The molecule has 1 aliphatic heterocycles. The predicted molar refractivity (Wildman–Crippen MR) is 131 cm³/mol. The van der Waals surface area contributed by atoms with Crippen LogP contribution < -0.4 is 5.32 Å². The van der Waals surface area contributed by atoms with Gasteiger partial charge in [-0.15, -0.1) is 0 Å². The summed E-state index contributed by atoms with van der Waals surface area (Å²) in [6.07, 6.45) is 6.18. The maximum absolute atomic E-state index is 12.7. The van der Waals surface area contributed by atoms with Gasteiger partial charge < -0.3 is 15.1 Å². The molecule has 0 aliphatic carbocycles. The molecule has 0 spiro atoms. The highest BCUT2D eigenvalue weighted by Crippen LogP contribution is 2.19.